The molecule has 20 heavy (non-hydrogen) atoms. The molecule has 1 aliphatic carbocycles. The molecule has 112 valence electrons. The highest BCUT2D eigenvalue weighted by atomic mass is 19.4. The van der Waals surface area contributed by atoms with Crippen molar-refractivity contribution in [3.63, 3.8) is 0 Å². The summed E-state index contributed by atoms with van der Waals surface area (Å²) in [7, 11) is 1.50. The number of nitrogens with one attached hydrogen (secondary N) is 2. The maximum atomic E-state index is 12.8. The molecule has 0 radical (unpaired) electrons. The van der Waals surface area contributed by atoms with Crippen molar-refractivity contribution in [2.75, 3.05) is 17.7 Å². The van der Waals surface area contributed by atoms with Gasteiger partial charge >= 0.3 is 6.18 Å². The van der Waals surface area contributed by atoms with Gasteiger partial charge in [-0.1, -0.05) is 19.8 Å². The summed E-state index contributed by atoms with van der Waals surface area (Å²) in [6.07, 6.45) is -0.144. The number of alkyl halides is 3. The molecular formula is C13H19F3N4. The Balaban J connectivity index is 2.22. The summed E-state index contributed by atoms with van der Waals surface area (Å²) in [5.74, 6) is 0.646. The van der Waals surface area contributed by atoms with Crippen LogP contribution in [0.1, 0.15) is 38.3 Å². The van der Waals surface area contributed by atoms with Crippen molar-refractivity contribution in [2.45, 2.75) is 44.8 Å². The van der Waals surface area contributed by atoms with E-state index in [4.69, 9.17) is 0 Å². The van der Waals surface area contributed by atoms with Crippen LogP contribution in [0.2, 0.25) is 0 Å². The molecule has 7 heteroatoms. The molecule has 0 bridgehead atoms. The minimum atomic E-state index is -4.47. The number of aromatic nitrogens is 2. The minimum Gasteiger partial charge on any atom is -0.367 e. The maximum Gasteiger partial charge on any atom is 0.433 e. The number of hydrogen-bond acceptors (Lipinski definition) is 4. The van der Waals surface area contributed by atoms with Gasteiger partial charge in [0.15, 0.2) is 5.69 Å². The molecule has 0 amide bonds. The second-order valence-corrected chi connectivity index (χ2v) is 5.22. The number of rotatable bonds is 3. The van der Waals surface area contributed by atoms with Crippen LogP contribution in [-0.4, -0.2) is 23.1 Å². The van der Waals surface area contributed by atoms with Crippen LogP contribution < -0.4 is 10.6 Å². The lowest BCUT2D eigenvalue weighted by Crippen LogP contribution is -2.31. The van der Waals surface area contributed by atoms with Gasteiger partial charge in [-0.05, 0) is 18.8 Å². The molecule has 0 spiro atoms. The second kappa shape index (κ2) is 5.85. The molecule has 2 rings (SSSR count). The second-order valence-electron chi connectivity index (χ2n) is 5.22. The number of halogens is 3. The van der Waals surface area contributed by atoms with E-state index in [1.807, 2.05) is 0 Å². The number of hydrogen-bond donors (Lipinski definition) is 2. The Labute approximate surface area is 116 Å². The fourth-order valence-corrected chi connectivity index (χ4v) is 2.50. The SMILES string of the molecule is CNc1nc(NC2CCCCC2C)cc(C(F)(F)F)n1. The molecule has 0 aliphatic heterocycles. The lowest BCUT2D eigenvalue weighted by molar-refractivity contribution is -0.141. The lowest BCUT2D eigenvalue weighted by Gasteiger charge is -2.30. The van der Waals surface area contributed by atoms with Gasteiger partial charge in [0.2, 0.25) is 5.95 Å². The first-order valence-corrected chi connectivity index (χ1v) is 6.80. The third kappa shape index (κ3) is 3.52. The summed E-state index contributed by atoms with van der Waals surface area (Å²) in [5, 5.41) is 5.69. The van der Waals surface area contributed by atoms with Crippen molar-refractivity contribution in [2.24, 2.45) is 5.92 Å². The standard InChI is InChI=1S/C13H19F3N4/c1-8-5-3-4-6-9(8)18-11-7-10(13(14,15)16)19-12(17-2)20-11/h7-9H,3-6H2,1-2H3,(H2,17,18,19,20). The summed E-state index contributed by atoms with van der Waals surface area (Å²) in [6, 6.07) is 1.15. The summed E-state index contributed by atoms with van der Waals surface area (Å²) < 4.78 is 38.4. The van der Waals surface area contributed by atoms with E-state index in [-0.39, 0.29) is 17.8 Å². The van der Waals surface area contributed by atoms with Gasteiger partial charge in [0, 0.05) is 19.2 Å². The van der Waals surface area contributed by atoms with Gasteiger partial charge in [-0.2, -0.15) is 18.2 Å². The van der Waals surface area contributed by atoms with Crippen molar-refractivity contribution in [1.82, 2.24) is 9.97 Å². The van der Waals surface area contributed by atoms with Gasteiger partial charge in [-0.15, -0.1) is 0 Å². The van der Waals surface area contributed by atoms with Crippen LogP contribution in [0.15, 0.2) is 6.07 Å². The smallest absolute Gasteiger partial charge is 0.367 e. The fraction of sp³-hybridized carbons (Fsp3) is 0.692. The average molecular weight is 288 g/mol. The van der Waals surface area contributed by atoms with E-state index < -0.39 is 11.9 Å². The van der Waals surface area contributed by atoms with Crippen molar-refractivity contribution in [1.29, 1.82) is 0 Å². The van der Waals surface area contributed by atoms with Crippen LogP contribution in [-0.2, 0) is 6.18 Å². The Kier molecular flexibility index (Phi) is 4.35. The molecule has 1 aromatic rings. The predicted octanol–water partition coefficient (Wildman–Crippen LogP) is 3.53. The predicted molar refractivity (Wildman–Crippen MR) is 71.6 cm³/mol. The molecule has 4 nitrogen and oxygen atoms in total. The highest BCUT2D eigenvalue weighted by molar-refractivity contribution is 5.43. The zero-order chi connectivity index (χ0) is 14.8. The number of anilines is 2. The molecule has 2 unspecified atom stereocenters. The van der Waals surface area contributed by atoms with Crippen LogP contribution >= 0.6 is 0 Å². The van der Waals surface area contributed by atoms with Gasteiger partial charge in [0.05, 0.1) is 0 Å². The van der Waals surface area contributed by atoms with Crippen molar-refractivity contribution >= 4 is 11.8 Å². The van der Waals surface area contributed by atoms with Gasteiger partial charge < -0.3 is 10.6 Å². The van der Waals surface area contributed by atoms with Crippen LogP contribution in [0, 0.1) is 5.92 Å². The first-order chi connectivity index (χ1) is 9.40. The van der Waals surface area contributed by atoms with E-state index in [2.05, 4.69) is 27.5 Å². The van der Waals surface area contributed by atoms with E-state index in [9.17, 15) is 13.2 Å². The molecular weight excluding hydrogens is 269 g/mol. The first kappa shape index (κ1) is 14.9. The van der Waals surface area contributed by atoms with Crippen molar-refractivity contribution in [3.05, 3.63) is 11.8 Å². The summed E-state index contributed by atoms with van der Waals surface area (Å²) in [6.45, 7) is 2.11. The van der Waals surface area contributed by atoms with E-state index in [0.717, 1.165) is 25.3 Å². The van der Waals surface area contributed by atoms with E-state index in [0.29, 0.717) is 5.92 Å². The van der Waals surface area contributed by atoms with E-state index in [1.165, 1.54) is 13.5 Å². The average Bonchev–Trinajstić information content (AvgIpc) is 2.40. The Hall–Kier alpha value is -1.53. The van der Waals surface area contributed by atoms with Gasteiger partial charge in [0.1, 0.15) is 5.82 Å². The molecule has 0 saturated heterocycles. The molecule has 1 aromatic heterocycles. The highest BCUT2D eigenvalue weighted by Gasteiger charge is 2.34. The third-order valence-electron chi connectivity index (χ3n) is 3.68. The summed E-state index contributed by atoms with van der Waals surface area (Å²) in [5.41, 5.74) is -0.928. The van der Waals surface area contributed by atoms with Gasteiger partial charge in [0.25, 0.3) is 0 Å². The Bertz CT molecular complexity index is 461. The van der Waals surface area contributed by atoms with Crippen LogP contribution in [0.5, 0.6) is 0 Å². The molecule has 2 atom stereocenters. The zero-order valence-electron chi connectivity index (χ0n) is 11.6. The van der Waals surface area contributed by atoms with E-state index >= 15 is 0 Å². The molecule has 1 saturated carbocycles. The first-order valence-electron chi connectivity index (χ1n) is 6.80. The zero-order valence-corrected chi connectivity index (χ0v) is 11.6. The summed E-state index contributed by atoms with van der Waals surface area (Å²) >= 11 is 0. The molecule has 2 N–H and O–H groups in total. The van der Waals surface area contributed by atoms with Crippen molar-refractivity contribution < 1.29 is 13.2 Å². The highest BCUT2D eigenvalue weighted by Crippen LogP contribution is 2.31. The quantitative estimate of drug-likeness (QED) is 0.893. The van der Waals surface area contributed by atoms with Crippen LogP contribution in [0.4, 0.5) is 24.9 Å². The maximum absolute atomic E-state index is 12.8. The van der Waals surface area contributed by atoms with E-state index in [1.54, 1.807) is 0 Å². The molecule has 1 fully saturated rings. The van der Waals surface area contributed by atoms with Crippen molar-refractivity contribution in [3.8, 4) is 0 Å². The molecule has 1 aliphatic rings. The third-order valence-corrected chi connectivity index (χ3v) is 3.68. The molecule has 1 heterocycles. The van der Waals surface area contributed by atoms with Crippen LogP contribution in [0.3, 0.4) is 0 Å². The lowest BCUT2D eigenvalue weighted by atomic mass is 9.86. The van der Waals surface area contributed by atoms with Gasteiger partial charge in [-0.25, -0.2) is 4.98 Å². The largest absolute Gasteiger partial charge is 0.433 e. The summed E-state index contributed by atoms with van der Waals surface area (Å²) in [4.78, 5) is 7.51. The molecule has 0 aromatic carbocycles. The fourth-order valence-electron chi connectivity index (χ4n) is 2.50. The minimum absolute atomic E-state index is 0.0224. The normalized spacial score (nSPS) is 23.4. The van der Waals surface area contributed by atoms with Gasteiger partial charge in [-0.3, -0.25) is 0 Å². The topological polar surface area (TPSA) is 49.8 Å². The van der Waals surface area contributed by atoms with Crippen LogP contribution in [0.25, 0.3) is 0 Å². The number of nitrogens with zero attached hydrogens (tertiary/aromatic N) is 2. The Morgan fingerprint density at radius 2 is 1.90 bits per heavy atom. The Morgan fingerprint density at radius 1 is 1.20 bits per heavy atom. The Morgan fingerprint density at radius 3 is 2.50 bits per heavy atom. The monoisotopic (exact) mass is 288 g/mol.